The van der Waals surface area contributed by atoms with E-state index in [1.807, 2.05) is 13.0 Å². The van der Waals surface area contributed by atoms with Crippen molar-refractivity contribution in [3.05, 3.63) is 71.3 Å². The number of phenolic OH excluding ortho intramolecular Hbond substituents is 2. The number of carbonyl (C=O) groups is 1. The molecule has 0 aliphatic heterocycles. The van der Waals surface area contributed by atoms with Crippen molar-refractivity contribution in [3.63, 3.8) is 0 Å². The van der Waals surface area contributed by atoms with Gasteiger partial charge in [-0.3, -0.25) is 4.79 Å². The normalized spacial score (nSPS) is 19.4. The summed E-state index contributed by atoms with van der Waals surface area (Å²) in [7, 11) is 0. The molecule has 3 nitrogen and oxygen atoms in total. The second kappa shape index (κ2) is 7.43. The molecule has 3 heteroatoms. The number of aromatic hydroxyl groups is 2. The largest absolute Gasteiger partial charge is 0.507 e. The van der Waals surface area contributed by atoms with E-state index >= 15 is 0 Å². The first kappa shape index (κ1) is 19.0. The minimum absolute atomic E-state index is 0.0194. The van der Waals surface area contributed by atoms with Crippen molar-refractivity contribution >= 4 is 5.78 Å². The van der Waals surface area contributed by atoms with Crippen LogP contribution in [0.5, 0.6) is 11.5 Å². The van der Waals surface area contributed by atoms with E-state index < -0.39 is 0 Å². The maximum Gasteiger partial charge on any atom is 0.159 e. The summed E-state index contributed by atoms with van der Waals surface area (Å²) in [5, 5.41) is 21.5. The van der Waals surface area contributed by atoms with Crippen molar-refractivity contribution < 1.29 is 15.0 Å². The van der Waals surface area contributed by atoms with Crippen molar-refractivity contribution in [1.29, 1.82) is 0 Å². The maximum absolute atomic E-state index is 11.6. The van der Waals surface area contributed by atoms with Crippen molar-refractivity contribution in [3.8, 4) is 22.6 Å². The predicted molar refractivity (Wildman–Crippen MR) is 109 cm³/mol. The molecular weight excluding hydrogens is 336 g/mol. The lowest BCUT2D eigenvalue weighted by Crippen LogP contribution is -2.17. The molecule has 0 radical (unpaired) electrons. The summed E-state index contributed by atoms with van der Waals surface area (Å²) in [6, 6.07) is 10.5. The molecule has 0 amide bonds. The summed E-state index contributed by atoms with van der Waals surface area (Å²) in [5.41, 5.74) is 4.93. The molecule has 2 atom stereocenters. The number of Topliss-reactive ketones (excluding diaryl/α,β-unsaturated/α-hetero) is 1. The Kier molecular flexibility index (Phi) is 5.22. The summed E-state index contributed by atoms with van der Waals surface area (Å²) in [5.74, 6) is 0.223. The molecule has 0 saturated carbocycles. The van der Waals surface area contributed by atoms with Gasteiger partial charge in [-0.1, -0.05) is 42.0 Å². The average molecular weight is 362 g/mol. The van der Waals surface area contributed by atoms with Crippen LogP contribution in [-0.2, 0) is 0 Å². The summed E-state index contributed by atoms with van der Waals surface area (Å²) >= 11 is 0. The van der Waals surface area contributed by atoms with Crippen LogP contribution in [0.1, 0.15) is 55.5 Å². The van der Waals surface area contributed by atoms with Gasteiger partial charge in [-0.05, 0) is 68.9 Å². The predicted octanol–water partition coefficient (Wildman–Crippen LogP) is 5.98. The van der Waals surface area contributed by atoms with Crippen molar-refractivity contribution in [2.45, 2.75) is 39.5 Å². The molecule has 2 N–H and O–H groups in total. The summed E-state index contributed by atoms with van der Waals surface area (Å²) in [6.45, 7) is 9.71. The highest BCUT2D eigenvalue weighted by Crippen LogP contribution is 2.47. The number of allylic oxidation sites excluding steroid dienone is 3. The van der Waals surface area contributed by atoms with Gasteiger partial charge in [0.2, 0.25) is 0 Å². The Labute approximate surface area is 160 Å². The molecule has 0 heterocycles. The topological polar surface area (TPSA) is 57.5 Å². The Morgan fingerprint density at radius 2 is 1.74 bits per heavy atom. The Hall–Kier alpha value is -2.81. The van der Waals surface area contributed by atoms with Gasteiger partial charge in [0, 0.05) is 17.0 Å². The standard InChI is InChI=1S/C24H26O3/c1-14(2)20-9-8-15(3)10-21(20)24-22(26)12-19(13-23(24)27)18-7-5-6-17(11-18)16(4)25/h5-7,10-13,20-21,26-27H,1,8-9H2,2-4H3/t20-,21+/m0/s1. The Morgan fingerprint density at radius 3 is 2.33 bits per heavy atom. The van der Waals surface area contributed by atoms with Crippen molar-refractivity contribution in [2.75, 3.05) is 0 Å². The fraction of sp³-hybridized carbons (Fsp3) is 0.292. The molecule has 0 fully saturated rings. The summed E-state index contributed by atoms with van der Waals surface area (Å²) in [4.78, 5) is 11.6. The maximum atomic E-state index is 11.6. The number of rotatable bonds is 4. The quantitative estimate of drug-likeness (QED) is 0.519. The van der Waals surface area contributed by atoms with E-state index in [1.54, 1.807) is 30.3 Å². The van der Waals surface area contributed by atoms with E-state index in [1.165, 1.54) is 12.5 Å². The smallest absolute Gasteiger partial charge is 0.159 e. The number of phenols is 2. The zero-order valence-electron chi connectivity index (χ0n) is 16.1. The van der Waals surface area contributed by atoms with Gasteiger partial charge in [0.15, 0.2) is 5.78 Å². The molecule has 0 aromatic heterocycles. The van der Waals surface area contributed by atoms with Crippen LogP contribution in [-0.4, -0.2) is 16.0 Å². The van der Waals surface area contributed by atoms with Crippen LogP contribution >= 0.6 is 0 Å². The lowest BCUT2D eigenvalue weighted by atomic mass is 9.73. The molecule has 1 aliphatic carbocycles. The van der Waals surface area contributed by atoms with Crippen LogP contribution in [0.3, 0.4) is 0 Å². The third kappa shape index (κ3) is 3.82. The highest BCUT2D eigenvalue weighted by molar-refractivity contribution is 5.95. The first-order valence-electron chi connectivity index (χ1n) is 9.28. The first-order chi connectivity index (χ1) is 12.8. The molecule has 2 aromatic carbocycles. The van der Waals surface area contributed by atoms with Crippen LogP contribution in [0.15, 0.2) is 60.2 Å². The highest BCUT2D eigenvalue weighted by Gasteiger charge is 2.30. The van der Waals surface area contributed by atoms with Crippen molar-refractivity contribution in [2.24, 2.45) is 5.92 Å². The van der Waals surface area contributed by atoms with Gasteiger partial charge in [0.05, 0.1) is 0 Å². The first-order valence-corrected chi connectivity index (χ1v) is 9.28. The molecule has 27 heavy (non-hydrogen) atoms. The van der Waals surface area contributed by atoms with Crippen LogP contribution in [0, 0.1) is 5.92 Å². The number of hydrogen-bond acceptors (Lipinski definition) is 3. The minimum Gasteiger partial charge on any atom is -0.507 e. The van der Waals surface area contributed by atoms with Gasteiger partial charge in [-0.25, -0.2) is 0 Å². The van der Waals surface area contributed by atoms with E-state index in [0.717, 1.165) is 24.0 Å². The number of carbonyl (C=O) groups excluding carboxylic acids is 1. The molecule has 0 spiro atoms. The van der Waals surface area contributed by atoms with Crippen LogP contribution in [0.25, 0.3) is 11.1 Å². The zero-order valence-corrected chi connectivity index (χ0v) is 16.1. The zero-order chi connectivity index (χ0) is 19.7. The fourth-order valence-corrected chi connectivity index (χ4v) is 3.96. The molecule has 1 aliphatic rings. The third-order valence-electron chi connectivity index (χ3n) is 5.45. The lowest BCUT2D eigenvalue weighted by Gasteiger charge is -2.31. The second-order valence-electron chi connectivity index (χ2n) is 7.60. The summed E-state index contributed by atoms with van der Waals surface area (Å²) in [6.07, 6.45) is 4.10. The molecule has 3 rings (SSSR count). The SMILES string of the molecule is C=C(C)[C@@H]1CCC(C)=C[C@H]1c1c(O)cc(-c2cccc(C(C)=O)c2)cc1O. The molecule has 0 saturated heterocycles. The molecular formula is C24H26O3. The van der Waals surface area contributed by atoms with E-state index in [9.17, 15) is 15.0 Å². The second-order valence-corrected chi connectivity index (χ2v) is 7.60. The fourth-order valence-electron chi connectivity index (χ4n) is 3.96. The minimum atomic E-state index is -0.0890. The van der Waals surface area contributed by atoms with Gasteiger partial charge >= 0.3 is 0 Å². The molecule has 140 valence electrons. The van der Waals surface area contributed by atoms with Crippen LogP contribution in [0.4, 0.5) is 0 Å². The lowest BCUT2D eigenvalue weighted by molar-refractivity contribution is 0.101. The number of hydrogen-bond donors (Lipinski definition) is 2. The van der Waals surface area contributed by atoms with E-state index in [4.69, 9.17) is 0 Å². The number of benzene rings is 2. The highest BCUT2D eigenvalue weighted by atomic mass is 16.3. The number of ketones is 1. The van der Waals surface area contributed by atoms with Crippen molar-refractivity contribution in [1.82, 2.24) is 0 Å². The van der Waals surface area contributed by atoms with Gasteiger partial charge in [0.1, 0.15) is 11.5 Å². The van der Waals surface area contributed by atoms with E-state index in [-0.39, 0.29) is 29.1 Å². The Balaban J connectivity index is 2.08. The summed E-state index contributed by atoms with van der Waals surface area (Å²) < 4.78 is 0. The third-order valence-corrected chi connectivity index (χ3v) is 5.45. The van der Waals surface area contributed by atoms with Crippen LogP contribution in [0.2, 0.25) is 0 Å². The Morgan fingerprint density at radius 1 is 1.07 bits per heavy atom. The monoisotopic (exact) mass is 362 g/mol. The Bertz CT molecular complexity index is 913. The molecule has 0 unspecified atom stereocenters. The van der Waals surface area contributed by atoms with Gasteiger partial charge < -0.3 is 10.2 Å². The average Bonchev–Trinajstić information content (AvgIpc) is 2.61. The van der Waals surface area contributed by atoms with Crippen LogP contribution < -0.4 is 0 Å². The van der Waals surface area contributed by atoms with Gasteiger partial charge in [-0.2, -0.15) is 0 Å². The van der Waals surface area contributed by atoms with E-state index in [2.05, 4.69) is 19.6 Å². The molecule has 2 aromatic rings. The molecule has 0 bridgehead atoms. The van der Waals surface area contributed by atoms with Gasteiger partial charge in [-0.15, -0.1) is 0 Å². The van der Waals surface area contributed by atoms with E-state index in [0.29, 0.717) is 16.7 Å². The van der Waals surface area contributed by atoms with Gasteiger partial charge in [0.25, 0.3) is 0 Å².